The Labute approximate surface area is 130 Å². The van der Waals surface area contributed by atoms with Crippen LogP contribution in [0.15, 0.2) is 0 Å². The zero-order valence-electron chi connectivity index (χ0n) is 13.9. The molecule has 0 aromatic carbocycles. The molecular weight excluding hydrogens is 260 g/mol. The fraction of sp³-hybridized carbons (Fsp3) is 1.00. The van der Waals surface area contributed by atoms with E-state index in [0.717, 1.165) is 25.2 Å². The quantitative estimate of drug-likeness (QED) is 0.862. The average molecular weight is 294 g/mol. The number of likely N-dealkylation sites (tertiary alicyclic amines) is 1. The lowest BCUT2D eigenvalue weighted by Gasteiger charge is -2.48. The van der Waals surface area contributed by atoms with Crippen LogP contribution in [0.25, 0.3) is 0 Å². The first-order valence-corrected chi connectivity index (χ1v) is 9.38. The number of rotatable bonds is 4. The summed E-state index contributed by atoms with van der Waals surface area (Å²) in [4.78, 5) is 2.74. The molecule has 0 amide bonds. The molecule has 2 unspecified atom stereocenters. The van der Waals surface area contributed by atoms with Gasteiger partial charge in [0, 0.05) is 18.7 Å². The van der Waals surface area contributed by atoms with Gasteiger partial charge in [-0.2, -0.15) is 0 Å². The minimum Gasteiger partial charge on any atom is -0.380 e. The van der Waals surface area contributed by atoms with E-state index in [9.17, 15) is 0 Å². The Hall–Kier alpha value is -0.120. The minimum atomic E-state index is 0.617. The summed E-state index contributed by atoms with van der Waals surface area (Å²) in [5, 5.41) is 3.77. The normalized spacial score (nSPS) is 34.1. The van der Waals surface area contributed by atoms with Gasteiger partial charge in [0.05, 0.1) is 6.61 Å². The average Bonchev–Trinajstić information content (AvgIpc) is 2.55. The van der Waals surface area contributed by atoms with Crippen LogP contribution in [0.4, 0.5) is 0 Å². The van der Waals surface area contributed by atoms with Gasteiger partial charge in [-0.05, 0) is 63.6 Å². The van der Waals surface area contributed by atoms with E-state index in [2.05, 4.69) is 17.1 Å². The SMILES string of the molecule is CCCNC1CCOCC1N1CCC2(CCCCC2)CC1. The first-order valence-electron chi connectivity index (χ1n) is 9.38. The number of nitrogens with one attached hydrogen (secondary N) is 1. The standard InChI is InChI=1S/C18H34N2O/c1-2-11-19-16-6-14-21-15-17(16)20-12-9-18(10-13-20)7-4-3-5-8-18/h16-17,19H,2-15H2,1H3. The van der Waals surface area contributed by atoms with E-state index in [0.29, 0.717) is 12.1 Å². The van der Waals surface area contributed by atoms with Gasteiger partial charge in [-0.3, -0.25) is 4.90 Å². The van der Waals surface area contributed by atoms with E-state index < -0.39 is 0 Å². The fourth-order valence-corrected chi connectivity index (χ4v) is 4.78. The molecule has 3 fully saturated rings. The molecule has 2 atom stereocenters. The molecule has 0 aromatic heterocycles. The highest BCUT2D eigenvalue weighted by molar-refractivity contribution is 4.94. The van der Waals surface area contributed by atoms with Gasteiger partial charge in [0.15, 0.2) is 0 Å². The van der Waals surface area contributed by atoms with Crippen molar-refractivity contribution in [2.45, 2.75) is 76.8 Å². The van der Waals surface area contributed by atoms with Crippen molar-refractivity contribution in [3.8, 4) is 0 Å². The van der Waals surface area contributed by atoms with Gasteiger partial charge < -0.3 is 10.1 Å². The molecule has 2 saturated heterocycles. The third kappa shape index (κ3) is 3.80. The van der Waals surface area contributed by atoms with E-state index in [-0.39, 0.29) is 0 Å². The topological polar surface area (TPSA) is 24.5 Å². The Morgan fingerprint density at radius 2 is 1.86 bits per heavy atom. The summed E-state index contributed by atoms with van der Waals surface area (Å²) in [5.74, 6) is 0. The summed E-state index contributed by atoms with van der Waals surface area (Å²) in [7, 11) is 0. The molecule has 3 rings (SSSR count). The van der Waals surface area contributed by atoms with Crippen LogP contribution >= 0.6 is 0 Å². The largest absolute Gasteiger partial charge is 0.380 e. The predicted octanol–water partition coefficient (Wildman–Crippen LogP) is 3.19. The summed E-state index contributed by atoms with van der Waals surface area (Å²) in [6, 6.07) is 1.27. The third-order valence-electron chi connectivity index (χ3n) is 6.22. The van der Waals surface area contributed by atoms with Crippen LogP contribution in [0.5, 0.6) is 0 Å². The first-order chi connectivity index (χ1) is 10.3. The minimum absolute atomic E-state index is 0.617. The first kappa shape index (κ1) is 15.8. The Balaban J connectivity index is 1.54. The molecule has 1 saturated carbocycles. The lowest BCUT2D eigenvalue weighted by molar-refractivity contribution is -0.0325. The Morgan fingerprint density at radius 1 is 1.10 bits per heavy atom. The van der Waals surface area contributed by atoms with Crippen molar-refractivity contribution in [1.29, 1.82) is 0 Å². The van der Waals surface area contributed by atoms with Crippen LogP contribution in [0, 0.1) is 5.41 Å². The molecular formula is C18H34N2O. The highest BCUT2D eigenvalue weighted by atomic mass is 16.5. The molecule has 3 heteroatoms. The predicted molar refractivity (Wildman–Crippen MR) is 87.6 cm³/mol. The maximum Gasteiger partial charge on any atom is 0.0637 e. The van der Waals surface area contributed by atoms with E-state index >= 15 is 0 Å². The number of ether oxygens (including phenoxy) is 1. The van der Waals surface area contributed by atoms with Crippen LogP contribution < -0.4 is 5.32 Å². The van der Waals surface area contributed by atoms with E-state index in [1.807, 2.05) is 0 Å². The maximum absolute atomic E-state index is 5.80. The van der Waals surface area contributed by atoms with Crippen molar-refractivity contribution in [3.63, 3.8) is 0 Å². The monoisotopic (exact) mass is 294 g/mol. The highest BCUT2D eigenvalue weighted by Gasteiger charge is 2.39. The van der Waals surface area contributed by atoms with Crippen LogP contribution in [0.1, 0.15) is 64.7 Å². The highest BCUT2D eigenvalue weighted by Crippen LogP contribution is 2.45. The lowest BCUT2D eigenvalue weighted by atomic mass is 9.68. The summed E-state index contributed by atoms with van der Waals surface area (Å²) < 4.78 is 5.80. The van der Waals surface area contributed by atoms with Crippen molar-refractivity contribution in [3.05, 3.63) is 0 Å². The Morgan fingerprint density at radius 3 is 2.57 bits per heavy atom. The van der Waals surface area contributed by atoms with Gasteiger partial charge in [-0.25, -0.2) is 0 Å². The summed E-state index contributed by atoms with van der Waals surface area (Å²) in [6.07, 6.45) is 12.7. The molecule has 3 nitrogen and oxygen atoms in total. The van der Waals surface area contributed by atoms with Crippen molar-refractivity contribution in [2.24, 2.45) is 5.41 Å². The number of hydrogen-bond acceptors (Lipinski definition) is 3. The van der Waals surface area contributed by atoms with Gasteiger partial charge in [-0.15, -0.1) is 0 Å². The smallest absolute Gasteiger partial charge is 0.0637 e. The third-order valence-corrected chi connectivity index (χ3v) is 6.22. The van der Waals surface area contributed by atoms with Crippen LogP contribution in [0.2, 0.25) is 0 Å². The molecule has 3 aliphatic rings. The maximum atomic E-state index is 5.80. The second-order valence-electron chi connectivity index (χ2n) is 7.59. The molecule has 0 radical (unpaired) electrons. The van der Waals surface area contributed by atoms with Gasteiger partial charge in [0.1, 0.15) is 0 Å². The van der Waals surface area contributed by atoms with E-state index in [4.69, 9.17) is 4.74 Å². The summed E-state index contributed by atoms with van der Waals surface area (Å²) >= 11 is 0. The van der Waals surface area contributed by atoms with Crippen molar-refractivity contribution in [1.82, 2.24) is 10.2 Å². The van der Waals surface area contributed by atoms with Crippen LogP contribution in [-0.4, -0.2) is 49.8 Å². The molecule has 122 valence electrons. The second kappa shape index (κ2) is 7.43. The molecule has 0 bridgehead atoms. The molecule has 1 N–H and O–H groups in total. The Kier molecular flexibility index (Phi) is 5.58. The molecule has 2 aliphatic heterocycles. The van der Waals surface area contributed by atoms with E-state index in [1.165, 1.54) is 70.9 Å². The zero-order valence-corrected chi connectivity index (χ0v) is 13.9. The van der Waals surface area contributed by atoms with E-state index in [1.54, 1.807) is 0 Å². The summed E-state index contributed by atoms with van der Waals surface area (Å²) in [6.45, 7) is 7.90. The van der Waals surface area contributed by atoms with Gasteiger partial charge in [0.25, 0.3) is 0 Å². The molecule has 2 heterocycles. The van der Waals surface area contributed by atoms with Gasteiger partial charge >= 0.3 is 0 Å². The van der Waals surface area contributed by atoms with Crippen LogP contribution in [-0.2, 0) is 4.74 Å². The number of piperidine rings is 1. The molecule has 1 spiro atoms. The molecule has 21 heavy (non-hydrogen) atoms. The van der Waals surface area contributed by atoms with Gasteiger partial charge in [-0.1, -0.05) is 26.2 Å². The Bertz CT molecular complexity index is 304. The van der Waals surface area contributed by atoms with Crippen molar-refractivity contribution < 1.29 is 4.74 Å². The second-order valence-corrected chi connectivity index (χ2v) is 7.59. The van der Waals surface area contributed by atoms with Gasteiger partial charge in [0.2, 0.25) is 0 Å². The van der Waals surface area contributed by atoms with Crippen LogP contribution in [0.3, 0.4) is 0 Å². The van der Waals surface area contributed by atoms with Crippen molar-refractivity contribution >= 4 is 0 Å². The summed E-state index contributed by atoms with van der Waals surface area (Å²) in [5.41, 5.74) is 0.719. The fourth-order valence-electron chi connectivity index (χ4n) is 4.78. The lowest BCUT2D eigenvalue weighted by Crippen LogP contribution is -2.58. The molecule has 1 aliphatic carbocycles. The zero-order chi connectivity index (χ0) is 14.5. The molecule has 0 aromatic rings. The van der Waals surface area contributed by atoms with Crippen molar-refractivity contribution in [2.75, 3.05) is 32.8 Å². The number of nitrogens with zero attached hydrogens (tertiary/aromatic N) is 1. The number of hydrogen-bond donors (Lipinski definition) is 1.